The summed E-state index contributed by atoms with van der Waals surface area (Å²) in [4.78, 5) is 23.5. The summed E-state index contributed by atoms with van der Waals surface area (Å²) in [6.45, 7) is 1.29. The molecule has 1 fully saturated rings. The van der Waals surface area contributed by atoms with Gasteiger partial charge in [-0.3, -0.25) is 4.79 Å². The van der Waals surface area contributed by atoms with Gasteiger partial charge in [-0.25, -0.2) is 4.79 Å². The number of rotatable bonds is 7. The molecular weight excluding hydrogens is 362 g/mol. The van der Waals surface area contributed by atoms with Crippen LogP contribution >= 0.6 is 15.9 Å². The van der Waals surface area contributed by atoms with Crippen LogP contribution < -0.4 is 5.32 Å². The summed E-state index contributed by atoms with van der Waals surface area (Å²) in [6, 6.07) is 4.52. The molecule has 0 unspecified atom stereocenters. The number of hydrogen-bond acceptors (Lipinski definition) is 3. The van der Waals surface area contributed by atoms with E-state index in [1.54, 1.807) is 13.2 Å². The molecule has 0 bridgehead atoms. The van der Waals surface area contributed by atoms with Crippen molar-refractivity contribution in [2.75, 3.05) is 20.3 Å². The lowest BCUT2D eigenvalue weighted by molar-refractivity contribution is 0.0696. The fraction of sp³-hybridized carbons (Fsp3) is 0.529. The molecule has 1 aliphatic carbocycles. The fourth-order valence-electron chi connectivity index (χ4n) is 3.17. The monoisotopic (exact) mass is 383 g/mol. The number of aromatic carboxylic acids is 1. The van der Waals surface area contributed by atoms with Gasteiger partial charge in [-0.2, -0.15) is 0 Å². The van der Waals surface area contributed by atoms with E-state index < -0.39 is 5.97 Å². The highest BCUT2D eigenvalue weighted by molar-refractivity contribution is 9.10. The number of amides is 1. The van der Waals surface area contributed by atoms with Crippen molar-refractivity contribution in [1.29, 1.82) is 0 Å². The molecule has 2 rings (SSSR count). The van der Waals surface area contributed by atoms with E-state index in [0.29, 0.717) is 23.2 Å². The average Bonchev–Trinajstić information content (AvgIpc) is 2.99. The van der Waals surface area contributed by atoms with Crippen LogP contribution in [0.3, 0.4) is 0 Å². The summed E-state index contributed by atoms with van der Waals surface area (Å²) >= 11 is 3.25. The Bertz CT molecular complexity index is 582. The number of benzene rings is 1. The number of hydrogen-bond donors (Lipinski definition) is 2. The lowest BCUT2D eigenvalue weighted by Crippen LogP contribution is -2.36. The van der Waals surface area contributed by atoms with Crippen LogP contribution in [-0.4, -0.2) is 37.2 Å². The number of halogens is 1. The first-order chi connectivity index (χ1) is 11.0. The van der Waals surface area contributed by atoms with Gasteiger partial charge in [0, 0.05) is 30.3 Å². The molecule has 0 saturated heterocycles. The molecule has 126 valence electrons. The molecule has 0 aliphatic heterocycles. The van der Waals surface area contributed by atoms with Crippen LogP contribution in [0.5, 0.6) is 0 Å². The summed E-state index contributed by atoms with van der Waals surface area (Å²) < 4.78 is 5.77. The van der Waals surface area contributed by atoms with Crippen molar-refractivity contribution >= 4 is 27.8 Å². The van der Waals surface area contributed by atoms with Crippen LogP contribution in [0, 0.1) is 5.41 Å². The molecular formula is C17H22BrNO4. The number of carboxylic acid groups (broad SMARTS) is 1. The van der Waals surface area contributed by atoms with Crippen molar-refractivity contribution < 1.29 is 19.4 Å². The third-order valence-corrected chi connectivity index (χ3v) is 4.99. The van der Waals surface area contributed by atoms with E-state index in [-0.39, 0.29) is 16.9 Å². The smallest absolute Gasteiger partial charge is 0.335 e. The maximum absolute atomic E-state index is 12.4. The Morgan fingerprint density at radius 3 is 2.52 bits per heavy atom. The Kier molecular flexibility index (Phi) is 6.18. The summed E-state index contributed by atoms with van der Waals surface area (Å²) in [5.74, 6) is -1.29. The molecule has 0 atom stereocenters. The van der Waals surface area contributed by atoms with Gasteiger partial charge < -0.3 is 15.2 Å². The number of ether oxygens (including phenoxy) is 1. The summed E-state index contributed by atoms with van der Waals surface area (Å²) in [5.41, 5.74) is 0.559. The molecule has 0 spiro atoms. The first-order valence-corrected chi connectivity index (χ1v) is 8.56. The third-order valence-electron chi connectivity index (χ3n) is 4.53. The minimum absolute atomic E-state index is 0.0967. The van der Waals surface area contributed by atoms with Crippen molar-refractivity contribution in [2.24, 2.45) is 5.41 Å². The molecule has 1 aromatic carbocycles. The second kappa shape index (κ2) is 7.93. The molecule has 0 radical (unpaired) electrons. The number of methoxy groups -OCH3 is 1. The second-order valence-corrected chi connectivity index (χ2v) is 7.08. The van der Waals surface area contributed by atoms with Gasteiger partial charge in [0.05, 0.1) is 5.56 Å². The lowest BCUT2D eigenvalue weighted by Gasteiger charge is -2.29. The molecule has 1 saturated carbocycles. The van der Waals surface area contributed by atoms with E-state index in [9.17, 15) is 9.59 Å². The van der Waals surface area contributed by atoms with Crippen molar-refractivity contribution in [3.8, 4) is 0 Å². The van der Waals surface area contributed by atoms with Crippen LogP contribution in [0.1, 0.15) is 52.8 Å². The Morgan fingerprint density at radius 2 is 1.91 bits per heavy atom. The van der Waals surface area contributed by atoms with Crippen LogP contribution in [0.15, 0.2) is 22.7 Å². The third kappa shape index (κ3) is 4.78. The second-order valence-electron chi connectivity index (χ2n) is 6.17. The van der Waals surface area contributed by atoms with E-state index in [2.05, 4.69) is 21.2 Å². The Hall–Kier alpha value is -1.40. The topological polar surface area (TPSA) is 75.6 Å². The van der Waals surface area contributed by atoms with Gasteiger partial charge in [0.2, 0.25) is 0 Å². The molecule has 1 amide bonds. The van der Waals surface area contributed by atoms with Crippen molar-refractivity contribution in [3.05, 3.63) is 33.8 Å². The van der Waals surface area contributed by atoms with E-state index in [0.717, 1.165) is 19.3 Å². The zero-order valence-electron chi connectivity index (χ0n) is 13.2. The molecule has 23 heavy (non-hydrogen) atoms. The molecule has 0 heterocycles. The van der Waals surface area contributed by atoms with E-state index in [1.165, 1.54) is 25.0 Å². The lowest BCUT2D eigenvalue weighted by atomic mass is 9.83. The predicted octanol–water partition coefficient (Wildman–Crippen LogP) is 3.47. The van der Waals surface area contributed by atoms with Gasteiger partial charge in [-0.15, -0.1) is 0 Å². The Balaban J connectivity index is 2.05. The fourth-order valence-corrected chi connectivity index (χ4v) is 3.67. The highest BCUT2D eigenvalue weighted by Crippen LogP contribution is 2.40. The van der Waals surface area contributed by atoms with E-state index in [1.807, 2.05) is 0 Å². The molecule has 2 N–H and O–H groups in total. The van der Waals surface area contributed by atoms with Gasteiger partial charge in [-0.05, 0) is 42.9 Å². The normalized spacial score (nSPS) is 16.3. The average molecular weight is 384 g/mol. The number of carboxylic acids is 1. The number of carbonyl (C=O) groups is 2. The zero-order chi connectivity index (χ0) is 16.9. The maximum Gasteiger partial charge on any atom is 0.335 e. The maximum atomic E-state index is 12.4. The Labute approximate surface area is 144 Å². The summed E-state index contributed by atoms with van der Waals surface area (Å²) in [5, 5.41) is 12.1. The standard InChI is InChI=1S/C17H22BrNO4/c1-23-7-6-17(4-2-3-5-17)11-19-15(20)12-8-13(16(21)22)10-14(18)9-12/h8-10H,2-7,11H2,1H3,(H,19,20)(H,21,22). The van der Waals surface area contributed by atoms with Gasteiger partial charge in [0.15, 0.2) is 0 Å². The molecule has 0 aromatic heterocycles. The van der Waals surface area contributed by atoms with Crippen LogP contribution in [0.2, 0.25) is 0 Å². The van der Waals surface area contributed by atoms with Gasteiger partial charge in [-0.1, -0.05) is 28.8 Å². The van der Waals surface area contributed by atoms with Gasteiger partial charge >= 0.3 is 5.97 Å². The number of carbonyl (C=O) groups excluding carboxylic acids is 1. The summed E-state index contributed by atoms with van der Waals surface area (Å²) in [7, 11) is 1.69. The molecule has 1 aromatic rings. The van der Waals surface area contributed by atoms with Crippen LogP contribution in [0.25, 0.3) is 0 Å². The van der Waals surface area contributed by atoms with Gasteiger partial charge in [0.1, 0.15) is 0 Å². The highest BCUT2D eigenvalue weighted by atomic mass is 79.9. The minimum atomic E-state index is -1.05. The van der Waals surface area contributed by atoms with Crippen molar-refractivity contribution in [2.45, 2.75) is 32.1 Å². The SMILES string of the molecule is COCCC1(CNC(=O)c2cc(Br)cc(C(=O)O)c2)CCCC1. The highest BCUT2D eigenvalue weighted by Gasteiger charge is 2.33. The molecule has 5 nitrogen and oxygen atoms in total. The first kappa shape index (κ1) is 17.9. The first-order valence-electron chi connectivity index (χ1n) is 7.77. The van der Waals surface area contributed by atoms with Crippen molar-refractivity contribution in [3.63, 3.8) is 0 Å². The number of nitrogens with one attached hydrogen (secondary N) is 1. The van der Waals surface area contributed by atoms with E-state index in [4.69, 9.17) is 9.84 Å². The van der Waals surface area contributed by atoms with Gasteiger partial charge in [0.25, 0.3) is 5.91 Å². The van der Waals surface area contributed by atoms with Crippen LogP contribution in [0.4, 0.5) is 0 Å². The van der Waals surface area contributed by atoms with Crippen molar-refractivity contribution in [1.82, 2.24) is 5.32 Å². The van der Waals surface area contributed by atoms with Crippen LogP contribution in [-0.2, 0) is 4.74 Å². The zero-order valence-corrected chi connectivity index (χ0v) is 14.8. The largest absolute Gasteiger partial charge is 0.478 e. The minimum Gasteiger partial charge on any atom is -0.478 e. The quantitative estimate of drug-likeness (QED) is 0.755. The molecule has 6 heteroatoms. The van der Waals surface area contributed by atoms with E-state index >= 15 is 0 Å². The predicted molar refractivity (Wildman–Crippen MR) is 90.8 cm³/mol. The summed E-state index contributed by atoms with van der Waals surface area (Å²) in [6.07, 6.45) is 5.48. The molecule has 1 aliphatic rings. The Morgan fingerprint density at radius 1 is 1.26 bits per heavy atom.